The minimum absolute atomic E-state index is 0.00586. The van der Waals surface area contributed by atoms with Crippen molar-refractivity contribution in [2.45, 2.75) is 52.9 Å². The molecule has 0 saturated heterocycles. The number of carbonyl (C=O) groups is 2. The Bertz CT molecular complexity index is 539. The third kappa shape index (κ3) is 3.36. The lowest BCUT2D eigenvalue weighted by molar-refractivity contribution is 0.0754. The quantitative estimate of drug-likeness (QED) is 0.863. The number of H-pyrrole nitrogens is 1. The SMILES string of the molecule is CC(=O)c1c(C)[nH]c(C(=O)N(C)CC2CCCCC2)c1C. The van der Waals surface area contributed by atoms with E-state index in [0.717, 1.165) is 17.8 Å². The summed E-state index contributed by atoms with van der Waals surface area (Å²) in [5.41, 5.74) is 2.79. The number of nitrogens with one attached hydrogen (secondary N) is 1. The number of aromatic nitrogens is 1. The zero-order chi connectivity index (χ0) is 15.6. The molecule has 116 valence electrons. The second kappa shape index (κ2) is 6.46. The Hall–Kier alpha value is -1.58. The summed E-state index contributed by atoms with van der Waals surface area (Å²) < 4.78 is 0. The Morgan fingerprint density at radius 1 is 1.19 bits per heavy atom. The van der Waals surface area contributed by atoms with Crippen molar-refractivity contribution in [3.8, 4) is 0 Å². The molecule has 1 amide bonds. The Labute approximate surface area is 126 Å². The molecule has 1 N–H and O–H groups in total. The van der Waals surface area contributed by atoms with E-state index < -0.39 is 0 Å². The topological polar surface area (TPSA) is 53.2 Å². The van der Waals surface area contributed by atoms with Crippen molar-refractivity contribution in [3.63, 3.8) is 0 Å². The summed E-state index contributed by atoms with van der Waals surface area (Å²) in [6.07, 6.45) is 6.33. The van der Waals surface area contributed by atoms with E-state index >= 15 is 0 Å². The molecule has 1 aromatic rings. The van der Waals surface area contributed by atoms with Crippen LogP contribution in [0.4, 0.5) is 0 Å². The fraction of sp³-hybridized carbons (Fsp3) is 0.647. The highest BCUT2D eigenvalue weighted by molar-refractivity contribution is 6.02. The van der Waals surface area contributed by atoms with Crippen molar-refractivity contribution >= 4 is 11.7 Å². The number of Topliss-reactive ketones (excluding diaryl/α,β-unsaturated/α-hetero) is 1. The Kier molecular flexibility index (Phi) is 4.86. The van der Waals surface area contributed by atoms with Gasteiger partial charge in [-0.1, -0.05) is 19.3 Å². The Morgan fingerprint density at radius 2 is 1.81 bits per heavy atom. The largest absolute Gasteiger partial charge is 0.354 e. The number of carbonyl (C=O) groups excluding carboxylic acids is 2. The van der Waals surface area contributed by atoms with Crippen molar-refractivity contribution in [2.75, 3.05) is 13.6 Å². The van der Waals surface area contributed by atoms with Crippen LogP contribution < -0.4 is 0 Å². The molecule has 21 heavy (non-hydrogen) atoms. The number of hydrogen-bond donors (Lipinski definition) is 1. The first kappa shape index (κ1) is 15.8. The lowest BCUT2D eigenvalue weighted by atomic mass is 9.89. The lowest BCUT2D eigenvalue weighted by Crippen LogP contribution is -2.33. The lowest BCUT2D eigenvalue weighted by Gasteiger charge is -2.27. The molecule has 1 heterocycles. The average Bonchev–Trinajstić information content (AvgIpc) is 2.74. The van der Waals surface area contributed by atoms with Crippen LogP contribution in [0, 0.1) is 19.8 Å². The molecule has 0 bridgehead atoms. The molecule has 1 aliphatic carbocycles. The molecule has 0 unspecified atom stereocenters. The molecule has 2 rings (SSSR count). The van der Waals surface area contributed by atoms with Crippen molar-refractivity contribution in [1.82, 2.24) is 9.88 Å². The molecule has 4 heteroatoms. The highest BCUT2D eigenvalue weighted by atomic mass is 16.2. The zero-order valence-corrected chi connectivity index (χ0v) is 13.6. The summed E-state index contributed by atoms with van der Waals surface area (Å²) in [6.45, 7) is 6.05. The van der Waals surface area contributed by atoms with Gasteiger partial charge in [-0.2, -0.15) is 0 Å². The van der Waals surface area contributed by atoms with Gasteiger partial charge in [0.15, 0.2) is 5.78 Å². The predicted octanol–water partition coefficient (Wildman–Crippen LogP) is 3.49. The number of amides is 1. The zero-order valence-electron chi connectivity index (χ0n) is 13.6. The van der Waals surface area contributed by atoms with Crippen LogP contribution in [-0.4, -0.2) is 35.2 Å². The summed E-state index contributed by atoms with van der Waals surface area (Å²) in [4.78, 5) is 29.2. The summed E-state index contributed by atoms with van der Waals surface area (Å²) in [6, 6.07) is 0. The molecule has 0 spiro atoms. The molecule has 1 saturated carbocycles. The maximum absolute atomic E-state index is 12.6. The Balaban J connectivity index is 2.12. The summed E-state index contributed by atoms with van der Waals surface area (Å²) in [5, 5.41) is 0. The minimum atomic E-state index is -0.00586. The van der Waals surface area contributed by atoms with Gasteiger partial charge in [0, 0.05) is 24.8 Å². The highest BCUT2D eigenvalue weighted by Gasteiger charge is 2.24. The van der Waals surface area contributed by atoms with Gasteiger partial charge in [-0.05, 0) is 45.1 Å². The van der Waals surface area contributed by atoms with Gasteiger partial charge in [-0.25, -0.2) is 0 Å². The maximum Gasteiger partial charge on any atom is 0.270 e. The molecule has 1 aromatic heterocycles. The van der Waals surface area contributed by atoms with Crippen LogP contribution in [0.5, 0.6) is 0 Å². The number of aryl methyl sites for hydroxylation is 1. The molecule has 1 fully saturated rings. The first-order valence-electron chi connectivity index (χ1n) is 7.87. The summed E-state index contributed by atoms with van der Waals surface area (Å²) in [7, 11) is 1.86. The van der Waals surface area contributed by atoms with Crippen molar-refractivity contribution < 1.29 is 9.59 Å². The molecule has 0 aromatic carbocycles. The van der Waals surface area contributed by atoms with Crippen molar-refractivity contribution in [2.24, 2.45) is 5.92 Å². The molecule has 0 radical (unpaired) electrons. The maximum atomic E-state index is 12.6. The molecule has 0 aliphatic heterocycles. The van der Waals surface area contributed by atoms with Gasteiger partial charge >= 0.3 is 0 Å². The second-order valence-electron chi connectivity index (χ2n) is 6.37. The van der Waals surface area contributed by atoms with Crippen LogP contribution in [0.2, 0.25) is 0 Å². The minimum Gasteiger partial charge on any atom is -0.354 e. The molecular formula is C17H26N2O2. The third-order valence-electron chi connectivity index (χ3n) is 4.61. The third-order valence-corrected chi connectivity index (χ3v) is 4.61. The van der Waals surface area contributed by atoms with Crippen LogP contribution in [0.25, 0.3) is 0 Å². The Morgan fingerprint density at radius 3 is 2.33 bits per heavy atom. The van der Waals surface area contributed by atoms with Gasteiger partial charge in [0.2, 0.25) is 0 Å². The van der Waals surface area contributed by atoms with Crippen LogP contribution in [0.1, 0.15) is 71.1 Å². The standard InChI is InChI=1S/C17H26N2O2/c1-11-15(13(3)20)12(2)18-16(11)17(21)19(4)10-14-8-6-5-7-9-14/h14,18H,5-10H2,1-4H3. The van der Waals surface area contributed by atoms with E-state index in [1.165, 1.54) is 32.1 Å². The van der Waals surface area contributed by atoms with E-state index in [9.17, 15) is 9.59 Å². The highest BCUT2D eigenvalue weighted by Crippen LogP contribution is 2.25. The number of nitrogens with zero attached hydrogens (tertiary/aromatic N) is 1. The van der Waals surface area contributed by atoms with Crippen molar-refractivity contribution in [1.29, 1.82) is 0 Å². The van der Waals surface area contributed by atoms with Gasteiger partial charge < -0.3 is 9.88 Å². The van der Waals surface area contributed by atoms with E-state index in [4.69, 9.17) is 0 Å². The molecule has 0 atom stereocenters. The first-order valence-corrected chi connectivity index (χ1v) is 7.87. The van der Waals surface area contributed by atoms with E-state index in [-0.39, 0.29) is 11.7 Å². The molecule has 1 aliphatic rings. The van der Waals surface area contributed by atoms with E-state index in [1.807, 2.05) is 20.9 Å². The molecule has 4 nitrogen and oxygen atoms in total. The fourth-order valence-corrected chi connectivity index (χ4v) is 3.52. The van der Waals surface area contributed by atoms with Gasteiger partial charge in [0.1, 0.15) is 5.69 Å². The van der Waals surface area contributed by atoms with E-state index in [2.05, 4.69) is 4.98 Å². The number of ketones is 1. The van der Waals surface area contributed by atoms with E-state index in [1.54, 1.807) is 11.8 Å². The predicted molar refractivity (Wildman–Crippen MR) is 83.8 cm³/mol. The van der Waals surface area contributed by atoms with E-state index in [0.29, 0.717) is 17.2 Å². The summed E-state index contributed by atoms with van der Waals surface area (Å²) in [5.74, 6) is 0.625. The normalized spacial score (nSPS) is 16.0. The summed E-state index contributed by atoms with van der Waals surface area (Å²) >= 11 is 0. The number of hydrogen-bond acceptors (Lipinski definition) is 2. The van der Waals surface area contributed by atoms with Gasteiger partial charge in [0.25, 0.3) is 5.91 Å². The number of aromatic amines is 1. The van der Waals surface area contributed by atoms with Gasteiger partial charge in [-0.3, -0.25) is 9.59 Å². The van der Waals surface area contributed by atoms with Crippen molar-refractivity contribution in [3.05, 3.63) is 22.5 Å². The average molecular weight is 290 g/mol. The first-order chi connectivity index (χ1) is 9.91. The van der Waals surface area contributed by atoms with Gasteiger partial charge in [0.05, 0.1) is 0 Å². The van der Waals surface area contributed by atoms with Crippen LogP contribution in [0.3, 0.4) is 0 Å². The fourth-order valence-electron chi connectivity index (χ4n) is 3.52. The number of rotatable bonds is 4. The van der Waals surface area contributed by atoms with Crippen LogP contribution in [-0.2, 0) is 0 Å². The smallest absolute Gasteiger partial charge is 0.270 e. The van der Waals surface area contributed by atoms with Crippen LogP contribution >= 0.6 is 0 Å². The van der Waals surface area contributed by atoms with Crippen LogP contribution in [0.15, 0.2) is 0 Å². The molecular weight excluding hydrogens is 264 g/mol. The van der Waals surface area contributed by atoms with Gasteiger partial charge in [-0.15, -0.1) is 0 Å². The second-order valence-corrected chi connectivity index (χ2v) is 6.37. The monoisotopic (exact) mass is 290 g/mol.